The Bertz CT molecular complexity index is 310. The molecule has 0 heterocycles. The van der Waals surface area contributed by atoms with E-state index < -0.39 is 48.8 Å². The maximum absolute atomic E-state index is 10.6. The number of rotatable bonds is 8. The molecule has 0 aliphatic heterocycles. The number of carbonyl (C=O) groups is 4. The van der Waals surface area contributed by atoms with E-state index in [0.29, 0.717) is 0 Å². The molecule has 0 radical (unpaired) electrons. The van der Waals surface area contributed by atoms with Gasteiger partial charge in [0.05, 0.1) is 12.8 Å². The van der Waals surface area contributed by atoms with Crippen LogP contribution in [0.3, 0.4) is 0 Å². The first kappa shape index (κ1) is 18.2. The Hall–Kier alpha value is -2.20. The van der Waals surface area contributed by atoms with Gasteiger partial charge in [0.25, 0.3) is 0 Å². The van der Waals surface area contributed by atoms with Gasteiger partial charge in [-0.05, 0) is 0 Å². The fourth-order valence-corrected chi connectivity index (χ4v) is 1.03. The zero-order valence-corrected chi connectivity index (χ0v) is 9.20. The van der Waals surface area contributed by atoms with E-state index in [2.05, 4.69) is 0 Å². The summed E-state index contributed by atoms with van der Waals surface area (Å²) in [6.45, 7) is 0. The van der Waals surface area contributed by atoms with Crippen LogP contribution in [0.2, 0.25) is 0 Å². The molecule has 104 valence electrons. The molecule has 2 atom stereocenters. The van der Waals surface area contributed by atoms with E-state index in [1.807, 2.05) is 5.32 Å². The molecule has 0 aromatic carbocycles. The molecule has 0 spiro atoms. The van der Waals surface area contributed by atoms with Crippen LogP contribution < -0.4 is 11.5 Å². The average Bonchev–Trinajstić information content (AvgIpc) is 2.13. The van der Waals surface area contributed by atoms with Crippen molar-refractivity contribution in [3.63, 3.8) is 0 Å². The average molecular weight is 266 g/mol. The van der Waals surface area contributed by atoms with Crippen LogP contribution in [0.25, 0.3) is 0 Å². The summed E-state index contributed by atoms with van der Waals surface area (Å²) in [5.41, 5.74) is 0. The molecule has 0 fully saturated rings. The van der Waals surface area contributed by atoms with E-state index in [-0.39, 0.29) is 6.15 Å². The Balaban J connectivity index is 0. The molecule has 0 aromatic heterocycles. The normalized spacial score (nSPS) is 12.9. The molecule has 0 bridgehead atoms. The number of hydrogen-bond donors (Lipinski definition) is 6. The summed E-state index contributed by atoms with van der Waals surface area (Å²) < 4.78 is 0. The molecule has 0 aliphatic rings. The minimum absolute atomic E-state index is 0. The van der Waals surface area contributed by atoms with Gasteiger partial charge in [-0.1, -0.05) is 0 Å². The van der Waals surface area contributed by atoms with Crippen molar-refractivity contribution >= 4 is 23.9 Å². The maximum Gasteiger partial charge on any atom is 0.321 e. The van der Waals surface area contributed by atoms with Gasteiger partial charge in [-0.2, -0.15) is 0 Å². The summed E-state index contributed by atoms with van der Waals surface area (Å²) in [6, 6.07) is -3.32. The highest BCUT2D eigenvalue weighted by Gasteiger charge is 2.29. The Kier molecular flexibility index (Phi) is 8.05. The van der Waals surface area contributed by atoms with Crippen molar-refractivity contribution in [3.05, 3.63) is 0 Å². The molecule has 0 amide bonds. The predicted octanol–water partition coefficient (Wildman–Crippen LogP) is -1.41. The second kappa shape index (κ2) is 7.97. The summed E-state index contributed by atoms with van der Waals surface area (Å²) in [6.07, 6.45) is -1.70. The van der Waals surface area contributed by atoms with Crippen molar-refractivity contribution < 1.29 is 39.6 Å². The lowest BCUT2D eigenvalue weighted by molar-refractivity contribution is -0.150. The first-order chi connectivity index (χ1) is 7.73. The topological polar surface area (TPSA) is 196 Å². The highest BCUT2D eigenvalue weighted by Crippen LogP contribution is 2.00. The van der Waals surface area contributed by atoms with E-state index in [0.717, 1.165) is 0 Å². The van der Waals surface area contributed by atoms with Gasteiger partial charge in [0.2, 0.25) is 0 Å². The van der Waals surface area contributed by atoms with Gasteiger partial charge in [-0.25, -0.2) is 0 Å². The highest BCUT2D eigenvalue weighted by atomic mass is 16.4. The molecule has 0 aliphatic carbocycles. The molecule has 0 rings (SSSR count). The minimum Gasteiger partial charge on any atom is -0.481 e. The van der Waals surface area contributed by atoms with E-state index in [1.54, 1.807) is 0 Å². The molecule has 8 N–H and O–H groups in total. The number of nitrogens with one attached hydrogen (secondary N) is 1. The molecular formula is C8H14N2O8. The predicted molar refractivity (Wildman–Crippen MR) is 55.5 cm³/mol. The first-order valence-electron chi connectivity index (χ1n) is 4.39. The zero-order chi connectivity index (χ0) is 13.6. The van der Waals surface area contributed by atoms with Crippen LogP contribution in [0, 0.1) is 0 Å². The lowest BCUT2D eigenvalue weighted by Gasteiger charge is -2.17. The van der Waals surface area contributed by atoms with Crippen molar-refractivity contribution in [1.29, 1.82) is 0 Å². The van der Waals surface area contributed by atoms with E-state index in [1.165, 1.54) is 0 Å². The molecule has 0 saturated carbocycles. The lowest BCUT2D eigenvalue weighted by atomic mass is 10.1. The third-order valence-electron chi connectivity index (χ3n) is 1.76. The number of hydrogen-bond acceptors (Lipinski definition) is 6. The zero-order valence-electron chi connectivity index (χ0n) is 9.20. The van der Waals surface area contributed by atoms with Gasteiger partial charge >= 0.3 is 23.9 Å². The summed E-state index contributed by atoms with van der Waals surface area (Å²) in [7, 11) is 0. The third-order valence-corrected chi connectivity index (χ3v) is 1.76. The van der Waals surface area contributed by atoms with Gasteiger partial charge in [0.1, 0.15) is 12.1 Å². The van der Waals surface area contributed by atoms with Crippen molar-refractivity contribution in [3.8, 4) is 0 Å². The van der Waals surface area contributed by atoms with Crippen molar-refractivity contribution in [1.82, 2.24) is 11.5 Å². The molecule has 10 heteroatoms. The standard InChI is InChI=1S/C8H11NO8.H3N/c10-5(11)1-3(7(14)15)9-4(8(16)17)2-6(12)13;/h3-4,9H,1-2H2,(H,10,11)(H,12,13)(H,14,15)(H,16,17);1H3/t3-,4?;/m0./s1. The van der Waals surface area contributed by atoms with Crippen molar-refractivity contribution in [2.24, 2.45) is 0 Å². The molecule has 0 saturated heterocycles. The fourth-order valence-electron chi connectivity index (χ4n) is 1.03. The molecular weight excluding hydrogens is 252 g/mol. The number of aliphatic carboxylic acids is 4. The lowest BCUT2D eigenvalue weighted by Crippen LogP contribution is -2.48. The van der Waals surface area contributed by atoms with Crippen LogP contribution >= 0.6 is 0 Å². The van der Waals surface area contributed by atoms with Crippen LogP contribution in [0.1, 0.15) is 12.8 Å². The Labute approximate surface area is 101 Å². The largest absolute Gasteiger partial charge is 0.481 e. The Morgan fingerprint density at radius 1 is 0.778 bits per heavy atom. The molecule has 18 heavy (non-hydrogen) atoms. The van der Waals surface area contributed by atoms with Gasteiger partial charge in [0, 0.05) is 0 Å². The van der Waals surface area contributed by atoms with Gasteiger partial charge in [-0.3, -0.25) is 24.5 Å². The summed E-state index contributed by atoms with van der Waals surface area (Å²) in [4.78, 5) is 41.9. The first-order valence-corrected chi connectivity index (χ1v) is 4.39. The monoisotopic (exact) mass is 266 g/mol. The van der Waals surface area contributed by atoms with Gasteiger partial charge in [-0.15, -0.1) is 0 Å². The minimum atomic E-state index is -1.66. The van der Waals surface area contributed by atoms with Crippen molar-refractivity contribution in [2.45, 2.75) is 24.9 Å². The summed E-state index contributed by atoms with van der Waals surface area (Å²) in [5.74, 6) is -6.01. The second-order valence-corrected chi connectivity index (χ2v) is 3.14. The van der Waals surface area contributed by atoms with Crippen LogP contribution in [0.4, 0.5) is 0 Å². The maximum atomic E-state index is 10.6. The third kappa shape index (κ3) is 7.14. The van der Waals surface area contributed by atoms with Gasteiger partial charge < -0.3 is 26.6 Å². The highest BCUT2D eigenvalue weighted by molar-refractivity contribution is 5.84. The van der Waals surface area contributed by atoms with E-state index in [9.17, 15) is 19.2 Å². The van der Waals surface area contributed by atoms with E-state index in [4.69, 9.17) is 20.4 Å². The molecule has 10 nitrogen and oxygen atoms in total. The Morgan fingerprint density at radius 3 is 1.22 bits per heavy atom. The fraction of sp³-hybridized carbons (Fsp3) is 0.500. The summed E-state index contributed by atoms with van der Waals surface area (Å²) in [5, 5.41) is 36.0. The number of carboxylic acids is 4. The quantitative estimate of drug-likeness (QED) is 0.303. The van der Waals surface area contributed by atoms with Crippen LogP contribution in [-0.2, 0) is 19.2 Å². The van der Waals surface area contributed by atoms with E-state index >= 15 is 0 Å². The molecule has 1 unspecified atom stereocenters. The van der Waals surface area contributed by atoms with Crippen LogP contribution in [0.15, 0.2) is 0 Å². The SMILES string of the molecule is N.O=C(O)CC(N[C@@H](CC(=O)O)C(=O)O)C(=O)O. The number of carboxylic acid groups (broad SMARTS) is 4. The summed E-state index contributed by atoms with van der Waals surface area (Å²) >= 11 is 0. The smallest absolute Gasteiger partial charge is 0.321 e. The molecule has 0 aromatic rings. The van der Waals surface area contributed by atoms with Crippen LogP contribution in [0.5, 0.6) is 0 Å². The Morgan fingerprint density at radius 2 is 1.06 bits per heavy atom. The van der Waals surface area contributed by atoms with Crippen LogP contribution in [-0.4, -0.2) is 56.4 Å². The second-order valence-electron chi connectivity index (χ2n) is 3.14. The van der Waals surface area contributed by atoms with Crippen molar-refractivity contribution in [2.75, 3.05) is 0 Å². The van der Waals surface area contributed by atoms with Gasteiger partial charge in [0.15, 0.2) is 0 Å².